The lowest BCUT2D eigenvalue weighted by molar-refractivity contribution is 0.107. The number of halogens is 1. The van der Waals surface area contributed by atoms with Crippen LogP contribution in [0.25, 0.3) is 0 Å². The fourth-order valence-corrected chi connectivity index (χ4v) is 3.44. The fourth-order valence-electron chi connectivity index (χ4n) is 3.44. The minimum atomic E-state index is -0.143. The van der Waals surface area contributed by atoms with Gasteiger partial charge < -0.3 is 5.32 Å². The van der Waals surface area contributed by atoms with Gasteiger partial charge in [-0.2, -0.15) is 0 Å². The van der Waals surface area contributed by atoms with Gasteiger partial charge in [-0.25, -0.2) is 4.39 Å². The van der Waals surface area contributed by atoms with E-state index in [-0.39, 0.29) is 11.4 Å². The summed E-state index contributed by atoms with van der Waals surface area (Å²) in [4.78, 5) is 2.60. The molecular formula is C18H29FN2. The van der Waals surface area contributed by atoms with Crippen molar-refractivity contribution in [3.05, 3.63) is 35.1 Å². The van der Waals surface area contributed by atoms with Crippen molar-refractivity contribution in [3.63, 3.8) is 0 Å². The highest BCUT2D eigenvalue weighted by molar-refractivity contribution is 5.28. The van der Waals surface area contributed by atoms with Crippen LogP contribution in [0, 0.1) is 12.7 Å². The van der Waals surface area contributed by atoms with E-state index in [0.717, 1.165) is 18.5 Å². The van der Waals surface area contributed by atoms with Gasteiger partial charge in [-0.3, -0.25) is 4.90 Å². The van der Waals surface area contributed by atoms with Crippen LogP contribution < -0.4 is 5.32 Å². The molecule has 1 aromatic carbocycles. The van der Waals surface area contributed by atoms with Gasteiger partial charge in [0, 0.05) is 11.6 Å². The van der Waals surface area contributed by atoms with Crippen molar-refractivity contribution in [2.75, 3.05) is 19.6 Å². The van der Waals surface area contributed by atoms with E-state index in [1.807, 2.05) is 13.0 Å². The molecule has 1 aliphatic rings. The van der Waals surface area contributed by atoms with Gasteiger partial charge in [0.1, 0.15) is 5.82 Å². The number of likely N-dealkylation sites (tertiary alicyclic amines) is 1. The van der Waals surface area contributed by atoms with E-state index in [1.54, 1.807) is 12.1 Å². The monoisotopic (exact) mass is 292 g/mol. The average molecular weight is 292 g/mol. The quantitative estimate of drug-likeness (QED) is 0.863. The molecule has 0 aromatic heterocycles. The minimum Gasteiger partial charge on any atom is -0.312 e. The molecule has 21 heavy (non-hydrogen) atoms. The highest BCUT2D eigenvalue weighted by Crippen LogP contribution is 2.27. The number of likely N-dealkylation sites (N-methyl/N-ethyl adjacent to an activating group) is 1. The van der Waals surface area contributed by atoms with Gasteiger partial charge in [-0.1, -0.05) is 13.0 Å². The maximum Gasteiger partial charge on any atom is 0.123 e. The van der Waals surface area contributed by atoms with Gasteiger partial charge in [0.25, 0.3) is 0 Å². The van der Waals surface area contributed by atoms with Crippen LogP contribution in [0.3, 0.4) is 0 Å². The molecule has 1 N–H and O–H groups in total. The third kappa shape index (κ3) is 3.83. The lowest BCUT2D eigenvalue weighted by Crippen LogP contribution is -2.57. The molecule has 1 aliphatic heterocycles. The molecule has 0 radical (unpaired) electrons. The lowest BCUT2D eigenvalue weighted by atomic mass is 9.86. The summed E-state index contributed by atoms with van der Waals surface area (Å²) in [6.07, 6.45) is 3.55. The molecule has 118 valence electrons. The summed E-state index contributed by atoms with van der Waals surface area (Å²) < 4.78 is 13.3. The number of nitrogens with zero attached hydrogens (tertiary/aromatic N) is 1. The van der Waals surface area contributed by atoms with E-state index in [9.17, 15) is 4.39 Å². The Hall–Kier alpha value is -0.930. The summed E-state index contributed by atoms with van der Waals surface area (Å²) in [6.45, 7) is 12.2. The van der Waals surface area contributed by atoms with Gasteiger partial charge in [-0.05, 0) is 82.9 Å². The summed E-state index contributed by atoms with van der Waals surface area (Å²) >= 11 is 0. The number of benzene rings is 1. The van der Waals surface area contributed by atoms with E-state index in [0.29, 0.717) is 6.04 Å². The molecule has 1 saturated heterocycles. The molecule has 1 unspecified atom stereocenters. The van der Waals surface area contributed by atoms with Crippen molar-refractivity contribution in [1.29, 1.82) is 0 Å². The molecule has 0 saturated carbocycles. The second-order valence-corrected chi connectivity index (χ2v) is 6.73. The van der Waals surface area contributed by atoms with Crippen LogP contribution in [0.2, 0.25) is 0 Å². The first kappa shape index (κ1) is 16.4. The average Bonchev–Trinajstić information content (AvgIpc) is 2.95. The molecule has 1 atom stereocenters. The van der Waals surface area contributed by atoms with Gasteiger partial charge in [0.2, 0.25) is 0 Å². The number of hydrogen-bond donors (Lipinski definition) is 1. The zero-order chi connectivity index (χ0) is 15.5. The second kappa shape index (κ2) is 6.89. The highest BCUT2D eigenvalue weighted by atomic mass is 19.1. The van der Waals surface area contributed by atoms with Crippen molar-refractivity contribution in [2.24, 2.45) is 0 Å². The van der Waals surface area contributed by atoms with Crippen LogP contribution in [0.1, 0.15) is 44.7 Å². The lowest BCUT2D eigenvalue weighted by Gasteiger charge is -2.43. The van der Waals surface area contributed by atoms with Crippen molar-refractivity contribution < 1.29 is 4.39 Å². The largest absolute Gasteiger partial charge is 0.312 e. The maximum absolute atomic E-state index is 13.3. The van der Waals surface area contributed by atoms with Crippen LogP contribution in [-0.2, 0) is 6.42 Å². The summed E-state index contributed by atoms with van der Waals surface area (Å²) in [5, 5.41) is 3.65. The van der Waals surface area contributed by atoms with Crippen LogP contribution >= 0.6 is 0 Å². The van der Waals surface area contributed by atoms with Crippen molar-refractivity contribution >= 4 is 0 Å². The first-order valence-electron chi connectivity index (χ1n) is 8.18. The second-order valence-electron chi connectivity index (χ2n) is 6.73. The third-order valence-corrected chi connectivity index (χ3v) is 4.95. The van der Waals surface area contributed by atoms with Crippen LogP contribution in [-0.4, -0.2) is 36.1 Å². The van der Waals surface area contributed by atoms with E-state index in [1.165, 1.54) is 31.5 Å². The predicted molar refractivity (Wildman–Crippen MR) is 87.2 cm³/mol. The summed E-state index contributed by atoms with van der Waals surface area (Å²) in [5.74, 6) is -0.143. The highest BCUT2D eigenvalue weighted by Gasteiger charge is 2.36. The molecule has 1 fully saturated rings. The van der Waals surface area contributed by atoms with E-state index >= 15 is 0 Å². The Bertz CT molecular complexity index is 464. The zero-order valence-electron chi connectivity index (χ0n) is 13.9. The number of nitrogens with one attached hydrogen (secondary N) is 1. The zero-order valence-corrected chi connectivity index (χ0v) is 13.9. The molecule has 0 bridgehead atoms. The van der Waals surface area contributed by atoms with Crippen LogP contribution in [0.5, 0.6) is 0 Å². The third-order valence-electron chi connectivity index (χ3n) is 4.95. The number of aryl methyl sites for hydroxylation is 1. The summed E-state index contributed by atoms with van der Waals surface area (Å²) in [6, 6.07) is 5.54. The van der Waals surface area contributed by atoms with Crippen LogP contribution in [0.15, 0.2) is 18.2 Å². The fraction of sp³-hybridized carbons (Fsp3) is 0.667. The molecule has 1 aromatic rings. The molecule has 1 heterocycles. The Labute approximate surface area is 128 Å². The smallest absolute Gasteiger partial charge is 0.123 e. The Morgan fingerprint density at radius 1 is 1.29 bits per heavy atom. The molecule has 2 nitrogen and oxygen atoms in total. The Morgan fingerprint density at radius 3 is 2.52 bits per heavy atom. The predicted octanol–water partition coefficient (Wildman–Crippen LogP) is 3.53. The molecule has 0 amide bonds. The molecule has 0 spiro atoms. The van der Waals surface area contributed by atoms with Gasteiger partial charge in [0.15, 0.2) is 0 Å². The van der Waals surface area contributed by atoms with Crippen molar-refractivity contribution in [2.45, 2.75) is 58.5 Å². The van der Waals surface area contributed by atoms with Gasteiger partial charge in [0.05, 0.1) is 0 Å². The van der Waals surface area contributed by atoms with Crippen molar-refractivity contribution in [1.82, 2.24) is 10.2 Å². The molecule has 3 heteroatoms. The molecule has 2 rings (SSSR count). The normalized spacial score (nSPS) is 18.1. The first-order valence-corrected chi connectivity index (χ1v) is 8.18. The van der Waals surface area contributed by atoms with Gasteiger partial charge in [-0.15, -0.1) is 0 Å². The Kier molecular flexibility index (Phi) is 5.39. The summed E-state index contributed by atoms with van der Waals surface area (Å²) in [7, 11) is 0. The van der Waals surface area contributed by atoms with E-state index in [2.05, 4.69) is 31.0 Å². The first-order chi connectivity index (χ1) is 9.95. The summed E-state index contributed by atoms with van der Waals surface area (Å²) in [5.41, 5.74) is 2.41. The number of rotatable bonds is 6. The van der Waals surface area contributed by atoms with E-state index in [4.69, 9.17) is 0 Å². The molecule has 0 aliphatic carbocycles. The topological polar surface area (TPSA) is 15.3 Å². The van der Waals surface area contributed by atoms with E-state index < -0.39 is 0 Å². The molecular weight excluding hydrogens is 263 g/mol. The maximum atomic E-state index is 13.3. The Morgan fingerprint density at radius 2 is 1.95 bits per heavy atom. The number of hydrogen-bond acceptors (Lipinski definition) is 2. The van der Waals surface area contributed by atoms with Crippen LogP contribution in [0.4, 0.5) is 4.39 Å². The minimum absolute atomic E-state index is 0.118. The Balaban J connectivity index is 2.17. The van der Waals surface area contributed by atoms with Gasteiger partial charge >= 0.3 is 0 Å². The standard InChI is InChI=1S/C18H29FN2/c1-5-20-17(18(3,4)21-10-6-7-11-21)13-15-8-9-16(19)12-14(15)2/h8-9,12,17,20H,5-7,10-11,13H2,1-4H3. The SMILES string of the molecule is CCNC(Cc1ccc(F)cc1C)C(C)(C)N1CCCC1. The van der Waals surface area contributed by atoms with Crippen molar-refractivity contribution in [3.8, 4) is 0 Å².